The molecule has 0 radical (unpaired) electrons. The SMILES string of the molecule is COC(=O)[C@@H]1Cc2c[nH]c3c(cccc23)-c2cc(ccc2OC)C[C@H](NC(=O)OC(C)(C)C)C(=O)N[C@@H](CC(C)C)C(=O)N1. The molecule has 1 aromatic heterocycles. The van der Waals surface area contributed by atoms with Gasteiger partial charge in [0, 0.05) is 35.6 Å². The topological polar surface area (TPSA) is 148 Å². The number of nitrogens with one attached hydrogen (secondary N) is 4. The van der Waals surface area contributed by atoms with Crippen LogP contribution in [0.2, 0.25) is 0 Å². The quantitative estimate of drug-likeness (QED) is 0.321. The first kappa shape index (κ1) is 32.4. The van der Waals surface area contributed by atoms with E-state index in [0.29, 0.717) is 12.2 Å². The fourth-order valence-electron chi connectivity index (χ4n) is 5.40. The maximum atomic E-state index is 13.8. The fourth-order valence-corrected chi connectivity index (χ4v) is 5.40. The molecule has 11 heteroatoms. The Labute approximate surface area is 257 Å². The van der Waals surface area contributed by atoms with Crippen molar-refractivity contribution < 1.29 is 33.4 Å². The Hall–Kier alpha value is -4.54. The molecule has 1 aliphatic rings. The smallest absolute Gasteiger partial charge is 0.408 e. The Balaban J connectivity index is 1.87. The Kier molecular flexibility index (Phi) is 9.86. The van der Waals surface area contributed by atoms with E-state index in [1.807, 2.05) is 56.4 Å². The molecule has 0 fully saturated rings. The molecule has 44 heavy (non-hydrogen) atoms. The maximum Gasteiger partial charge on any atom is 0.408 e. The van der Waals surface area contributed by atoms with E-state index in [9.17, 15) is 19.2 Å². The Morgan fingerprint density at radius 2 is 1.75 bits per heavy atom. The molecule has 6 bridgehead atoms. The van der Waals surface area contributed by atoms with Gasteiger partial charge in [-0.15, -0.1) is 0 Å². The first-order chi connectivity index (χ1) is 20.8. The van der Waals surface area contributed by atoms with Crippen molar-refractivity contribution >= 4 is 34.8 Å². The van der Waals surface area contributed by atoms with Crippen LogP contribution in [-0.4, -0.2) is 66.8 Å². The van der Waals surface area contributed by atoms with Crippen LogP contribution in [0.4, 0.5) is 4.79 Å². The van der Waals surface area contributed by atoms with E-state index in [-0.39, 0.29) is 18.8 Å². The number of benzene rings is 2. The summed E-state index contributed by atoms with van der Waals surface area (Å²) in [5.41, 5.74) is 3.22. The minimum atomic E-state index is -1.08. The van der Waals surface area contributed by atoms with Crippen molar-refractivity contribution in [1.82, 2.24) is 20.9 Å². The number of rotatable bonds is 5. The highest BCUT2D eigenvalue weighted by molar-refractivity contribution is 5.98. The molecule has 1 aliphatic heterocycles. The number of H-pyrrole nitrogens is 1. The number of esters is 1. The number of hydrogen-bond acceptors (Lipinski definition) is 7. The van der Waals surface area contributed by atoms with E-state index in [2.05, 4.69) is 20.9 Å². The van der Waals surface area contributed by atoms with Gasteiger partial charge in [-0.1, -0.05) is 38.1 Å². The van der Waals surface area contributed by atoms with E-state index in [0.717, 1.165) is 33.2 Å². The van der Waals surface area contributed by atoms with Crippen molar-refractivity contribution in [2.75, 3.05) is 14.2 Å². The standard InChI is InChI=1S/C33H42N4O7/c1-18(2)13-24-29(38)36-26(31(40)43-7)16-20-17-34-28-21(20)9-8-10-22(28)23-14-19(11-12-27(23)42-6)15-25(30(39)35-24)37-32(41)44-33(3,4)5/h8-12,14,17-18,24-26,34H,13,15-16H2,1-7H3,(H,35,39)(H,36,38)(H,37,41)/t24-,25-,26-/m0/s1. The number of aromatic amines is 1. The summed E-state index contributed by atoms with van der Waals surface area (Å²) in [5, 5.41) is 9.20. The van der Waals surface area contributed by atoms with Gasteiger partial charge in [0.1, 0.15) is 29.5 Å². The average Bonchev–Trinajstić information content (AvgIpc) is 3.36. The molecule has 3 aromatic rings. The van der Waals surface area contributed by atoms with Crippen LogP contribution in [0.25, 0.3) is 22.0 Å². The Morgan fingerprint density at radius 1 is 1.00 bits per heavy atom. The zero-order valence-electron chi connectivity index (χ0n) is 26.3. The molecule has 0 unspecified atom stereocenters. The summed E-state index contributed by atoms with van der Waals surface area (Å²) in [6.07, 6.45) is 1.62. The molecule has 4 N–H and O–H groups in total. The monoisotopic (exact) mass is 606 g/mol. The normalized spacial score (nSPS) is 19.3. The van der Waals surface area contributed by atoms with Crippen LogP contribution in [0.1, 0.15) is 52.2 Å². The molecule has 3 atom stereocenters. The van der Waals surface area contributed by atoms with Gasteiger partial charge in [-0.25, -0.2) is 9.59 Å². The van der Waals surface area contributed by atoms with Crippen LogP contribution >= 0.6 is 0 Å². The van der Waals surface area contributed by atoms with Crippen LogP contribution in [0, 0.1) is 5.92 Å². The summed E-state index contributed by atoms with van der Waals surface area (Å²) < 4.78 is 16.2. The van der Waals surface area contributed by atoms with E-state index in [4.69, 9.17) is 14.2 Å². The number of methoxy groups -OCH3 is 2. The van der Waals surface area contributed by atoms with Crippen molar-refractivity contribution in [3.05, 3.63) is 53.7 Å². The van der Waals surface area contributed by atoms with Gasteiger partial charge in [-0.3, -0.25) is 9.59 Å². The lowest BCUT2D eigenvalue weighted by atomic mass is 9.95. The predicted octanol–water partition coefficient (Wildman–Crippen LogP) is 4.02. The lowest BCUT2D eigenvalue weighted by Crippen LogP contribution is -2.57. The van der Waals surface area contributed by atoms with Gasteiger partial charge in [0.05, 0.1) is 19.7 Å². The molecular weight excluding hydrogens is 564 g/mol. The third-order valence-electron chi connectivity index (χ3n) is 7.37. The second-order valence-corrected chi connectivity index (χ2v) is 12.5. The van der Waals surface area contributed by atoms with E-state index in [1.54, 1.807) is 27.9 Å². The van der Waals surface area contributed by atoms with Gasteiger partial charge in [0.25, 0.3) is 0 Å². The first-order valence-corrected chi connectivity index (χ1v) is 14.7. The van der Waals surface area contributed by atoms with Crippen LogP contribution in [0.15, 0.2) is 42.6 Å². The molecule has 3 amide bonds. The first-order valence-electron chi connectivity index (χ1n) is 14.7. The minimum absolute atomic E-state index is 0.0293. The van der Waals surface area contributed by atoms with Crippen LogP contribution < -0.4 is 20.7 Å². The largest absolute Gasteiger partial charge is 0.496 e. The second kappa shape index (κ2) is 13.4. The van der Waals surface area contributed by atoms with E-state index < -0.39 is 47.6 Å². The van der Waals surface area contributed by atoms with Crippen molar-refractivity contribution in [3.8, 4) is 16.9 Å². The third-order valence-corrected chi connectivity index (χ3v) is 7.37. The number of ether oxygens (including phenoxy) is 3. The fraction of sp³-hybridized carbons (Fsp3) is 0.455. The summed E-state index contributed by atoms with van der Waals surface area (Å²) in [5.74, 6) is -1.06. The summed E-state index contributed by atoms with van der Waals surface area (Å²) >= 11 is 0. The molecule has 236 valence electrons. The van der Waals surface area contributed by atoms with Crippen molar-refractivity contribution in [2.45, 2.75) is 77.6 Å². The van der Waals surface area contributed by atoms with Crippen LogP contribution in [0.3, 0.4) is 0 Å². The number of carbonyl (C=O) groups excluding carboxylic acids is 4. The number of hydrogen-bond donors (Lipinski definition) is 4. The Morgan fingerprint density at radius 3 is 2.41 bits per heavy atom. The highest BCUT2D eigenvalue weighted by Crippen LogP contribution is 2.37. The number of para-hydroxylation sites is 1. The molecule has 2 heterocycles. The predicted molar refractivity (Wildman–Crippen MR) is 166 cm³/mol. The summed E-state index contributed by atoms with van der Waals surface area (Å²) in [7, 11) is 2.85. The van der Waals surface area contributed by atoms with Crippen molar-refractivity contribution in [1.29, 1.82) is 0 Å². The van der Waals surface area contributed by atoms with Gasteiger partial charge in [-0.05, 0) is 56.4 Å². The average molecular weight is 607 g/mol. The molecule has 0 saturated heterocycles. The zero-order chi connectivity index (χ0) is 32.2. The number of carbonyl (C=O) groups is 4. The molecule has 2 aromatic carbocycles. The van der Waals surface area contributed by atoms with E-state index >= 15 is 0 Å². The second-order valence-electron chi connectivity index (χ2n) is 12.5. The number of aromatic nitrogens is 1. The summed E-state index contributed by atoms with van der Waals surface area (Å²) in [4.78, 5) is 56.5. The molecule has 0 spiro atoms. The molecule has 0 saturated carbocycles. The molecule has 11 nitrogen and oxygen atoms in total. The van der Waals surface area contributed by atoms with Gasteiger partial charge < -0.3 is 35.1 Å². The summed E-state index contributed by atoms with van der Waals surface area (Å²) in [6, 6.07) is 8.32. The van der Waals surface area contributed by atoms with E-state index in [1.165, 1.54) is 7.11 Å². The lowest BCUT2D eigenvalue weighted by molar-refractivity contribution is -0.145. The van der Waals surface area contributed by atoms with Gasteiger partial charge in [0.2, 0.25) is 11.8 Å². The number of alkyl carbamates (subject to hydrolysis) is 1. The van der Waals surface area contributed by atoms with Gasteiger partial charge in [0.15, 0.2) is 0 Å². The third kappa shape index (κ3) is 7.69. The lowest BCUT2D eigenvalue weighted by Gasteiger charge is -2.27. The van der Waals surface area contributed by atoms with Crippen molar-refractivity contribution in [3.63, 3.8) is 0 Å². The van der Waals surface area contributed by atoms with Crippen LogP contribution in [-0.2, 0) is 36.7 Å². The molecule has 4 rings (SSSR count). The van der Waals surface area contributed by atoms with Gasteiger partial charge in [-0.2, -0.15) is 0 Å². The Bertz CT molecular complexity index is 1540. The highest BCUT2D eigenvalue weighted by Gasteiger charge is 2.32. The maximum absolute atomic E-state index is 13.8. The number of amides is 3. The summed E-state index contributed by atoms with van der Waals surface area (Å²) in [6.45, 7) is 9.04. The van der Waals surface area contributed by atoms with Crippen molar-refractivity contribution in [2.24, 2.45) is 5.92 Å². The molecular formula is C33H42N4O7. The minimum Gasteiger partial charge on any atom is -0.496 e. The van der Waals surface area contributed by atoms with Gasteiger partial charge >= 0.3 is 12.1 Å². The molecule has 0 aliphatic carbocycles. The van der Waals surface area contributed by atoms with Crippen LogP contribution in [0.5, 0.6) is 5.75 Å². The number of fused-ring (bicyclic) bond motifs is 3. The zero-order valence-corrected chi connectivity index (χ0v) is 26.3. The highest BCUT2D eigenvalue weighted by atomic mass is 16.6.